The number of rotatable bonds is 3. The van der Waals surface area contributed by atoms with Gasteiger partial charge in [-0.1, -0.05) is 12.8 Å². The number of aliphatic carboxylic acids is 1. The quantitative estimate of drug-likeness (QED) is 0.844. The van der Waals surface area contributed by atoms with Crippen molar-refractivity contribution in [2.75, 3.05) is 4.90 Å². The molecule has 1 saturated carbocycles. The Morgan fingerprint density at radius 2 is 1.86 bits per heavy atom. The van der Waals surface area contributed by atoms with Crippen LogP contribution in [-0.4, -0.2) is 32.7 Å². The third-order valence-electron chi connectivity index (χ3n) is 4.39. The van der Waals surface area contributed by atoms with Crippen LogP contribution in [0.25, 0.3) is 0 Å². The van der Waals surface area contributed by atoms with Crippen LogP contribution in [0.4, 0.5) is 5.69 Å². The number of piperidine rings is 1. The molecule has 0 aromatic carbocycles. The number of anilines is 1. The van der Waals surface area contributed by atoms with E-state index in [2.05, 4.69) is 5.10 Å². The first-order valence-electron chi connectivity index (χ1n) is 7.09. The fourth-order valence-electron chi connectivity index (χ4n) is 3.46. The summed E-state index contributed by atoms with van der Waals surface area (Å²) in [5.74, 6) is -1.43. The molecule has 2 fully saturated rings. The van der Waals surface area contributed by atoms with Crippen molar-refractivity contribution in [3.63, 3.8) is 0 Å². The molecule has 112 valence electrons. The predicted molar refractivity (Wildman–Crippen MR) is 72.5 cm³/mol. The van der Waals surface area contributed by atoms with Gasteiger partial charge in [0.2, 0.25) is 11.8 Å². The summed E-state index contributed by atoms with van der Waals surface area (Å²) in [7, 11) is 0. The van der Waals surface area contributed by atoms with Crippen LogP contribution < -0.4 is 4.90 Å². The van der Waals surface area contributed by atoms with Crippen LogP contribution in [0.5, 0.6) is 0 Å². The number of carbonyl (C=O) groups excluding carboxylic acids is 2. The van der Waals surface area contributed by atoms with Crippen LogP contribution in [0.2, 0.25) is 0 Å². The molecule has 1 N–H and O–H groups in total. The molecule has 1 saturated heterocycles. The Kier molecular flexibility index (Phi) is 3.27. The van der Waals surface area contributed by atoms with Gasteiger partial charge in [0.15, 0.2) is 0 Å². The van der Waals surface area contributed by atoms with Gasteiger partial charge in [0.05, 0.1) is 11.9 Å². The van der Waals surface area contributed by atoms with E-state index in [0.29, 0.717) is 18.5 Å². The highest BCUT2D eigenvalue weighted by Crippen LogP contribution is 2.47. The van der Waals surface area contributed by atoms with Crippen molar-refractivity contribution in [1.82, 2.24) is 9.78 Å². The number of imide groups is 1. The number of aromatic nitrogens is 2. The molecule has 0 atom stereocenters. The second kappa shape index (κ2) is 4.98. The molecule has 1 aromatic rings. The van der Waals surface area contributed by atoms with Gasteiger partial charge in [-0.15, -0.1) is 0 Å². The topological polar surface area (TPSA) is 92.5 Å². The van der Waals surface area contributed by atoms with Gasteiger partial charge in [-0.3, -0.25) is 19.1 Å². The van der Waals surface area contributed by atoms with Crippen molar-refractivity contribution >= 4 is 23.5 Å². The molecule has 1 aliphatic heterocycles. The smallest absolute Gasteiger partial charge is 0.325 e. The minimum atomic E-state index is -1.02. The van der Waals surface area contributed by atoms with E-state index in [4.69, 9.17) is 5.11 Å². The Balaban J connectivity index is 1.79. The average Bonchev–Trinajstić information content (AvgIpc) is 2.98. The molecule has 0 radical (unpaired) electrons. The normalized spacial score (nSPS) is 21.2. The Morgan fingerprint density at radius 3 is 2.43 bits per heavy atom. The molecule has 7 nitrogen and oxygen atoms in total. The number of amides is 2. The van der Waals surface area contributed by atoms with Crippen LogP contribution >= 0.6 is 0 Å². The Hall–Kier alpha value is -2.18. The zero-order chi connectivity index (χ0) is 15.0. The molecule has 21 heavy (non-hydrogen) atoms. The summed E-state index contributed by atoms with van der Waals surface area (Å²) < 4.78 is 1.21. The zero-order valence-electron chi connectivity index (χ0n) is 11.6. The first kappa shape index (κ1) is 13.8. The van der Waals surface area contributed by atoms with Crippen LogP contribution in [0, 0.1) is 5.41 Å². The minimum absolute atomic E-state index is 0.137. The van der Waals surface area contributed by atoms with Crippen molar-refractivity contribution in [2.45, 2.75) is 45.1 Å². The van der Waals surface area contributed by atoms with E-state index in [1.807, 2.05) is 0 Å². The largest absolute Gasteiger partial charge is 0.480 e. The lowest BCUT2D eigenvalue weighted by atomic mass is 9.76. The highest BCUT2D eigenvalue weighted by molar-refractivity contribution is 6.16. The van der Waals surface area contributed by atoms with E-state index in [-0.39, 0.29) is 23.8 Å². The standard InChI is InChI=1S/C14H17N3O4/c18-11-5-14(3-1-2-4-14)6-12(19)17(11)10-7-15-16(8-10)9-13(20)21/h7-8H,1-6,9H2,(H,20,21). The zero-order valence-corrected chi connectivity index (χ0v) is 11.6. The predicted octanol–water partition coefficient (Wildman–Crippen LogP) is 1.18. The lowest BCUT2D eigenvalue weighted by molar-refractivity contribution is -0.138. The van der Waals surface area contributed by atoms with Crippen LogP contribution in [0.1, 0.15) is 38.5 Å². The lowest BCUT2D eigenvalue weighted by Gasteiger charge is -2.36. The van der Waals surface area contributed by atoms with Gasteiger partial charge in [-0.2, -0.15) is 5.10 Å². The van der Waals surface area contributed by atoms with Crippen molar-refractivity contribution < 1.29 is 19.5 Å². The van der Waals surface area contributed by atoms with E-state index in [9.17, 15) is 14.4 Å². The molecule has 1 aromatic heterocycles. The second-order valence-corrected chi connectivity index (χ2v) is 5.97. The lowest BCUT2D eigenvalue weighted by Crippen LogP contribution is -2.47. The van der Waals surface area contributed by atoms with Crippen molar-refractivity contribution in [1.29, 1.82) is 0 Å². The van der Waals surface area contributed by atoms with Gasteiger partial charge in [0, 0.05) is 19.0 Å². The average molecular weight is 291 g/mol. The molecule has 0 unspecified atom stereocenters. The first-order chi connectivity index (χ1) is 9.99. The number of hydrogen-bond acceptors (Lipinski definition) is 4. The fourth-order valence-corrected chi connectivity index (χ4v) is 3.46. The van der Waals surface area contributed by atoms with Crippen LogP contribution in [-0.2, 0) is 20.9 Å². The Bertz CT molecular complexity index is 581. The third kappa shape index (κ3) is 2.55. The molecule has 1 aliphatic carbocycles. The summed E-state index contributed by atoms with van der Waals surface area (Å²) in [4.78, 5) is 36.5. The van der Waals surface area contributed by atoms with Gasteiger partial charge in [-0.05, 0) is 18.3 Å². The number of carbonyl (C=O) groups is 3. The maximum atomic E-state index is 12.3. The summed E-state index contributed by atoms with van der Waals surface area (Å²) in [6, 6.07) is 0. The molecular formula is C14H17N3O4. The second-order valence-electron chi connectivity index (χ2n) is 5.97. The summed E-state index contributed by atoms with van der Waals surface area (Å²) in [5.41, 5.74) is 0.223. The molecular weight excluding hydrogens is 274 g/mol. The Labute approximate surface area is 121 Å². The van der Waals surface area contributed by atoms with E-state index in [0.717, 1.165) is 30.6 Å². The third-order valence-corrected chi connectivity index (χ3v) is 4.39. The SMILES string of the molecule is O=C(O)Cn1cc(N2C(=O)CC3(CCCC3)CC2=O)cn1. The van der Waals surface area contributed by atoms with E-state index in [1.165, 1.54) is 17.1 Å². The summed E-state index contributed by atoms with van der Waals surface area (Å²) in [5, 5.41) is 12.6. The van der Waals surface area contributed by atoms with E-state index < -0.39 is 5.97 Å². The molecule has 2 amide bonds. The van der Waals surface area contributed by atoms with Crippen molar-refractivity contribution in [3.8, 4) is 0 Å². The molecule has 0 bridgehead atoms. The maximum Gasteiger partial charge on any atom is 0.325 e. The monoisotopic (exact) mass is 291 g/mol. The number of hydrogen-bond donors (Lipinski definition) is 1. The molecule has 2 heterocycles. The van der Waals surface area contributed by atoms with Crippen molar-refractivity contribution in [2.24, 2.45) is 5.41 Å². The molecule has 2 aliphatic rings. The number of carboxylic acid groups (broad SMARTS) is 1. The Morgan fingerprint density at radius 1 is 1.24 bits per heavy atom. The van der Waals surface area contributed by atoms with Gasteiger partial charge in [-0.25, -0.2) is 4.90 Å². The minimum Gasteiger partial charge on any atom is -0.480 e. The highest BCUT2D eigenvalue weighted by Gasteiger charge is 2.45. The van der Waals surface area contributed by atoms with E-state index in [1.54, 1.807) is 0 Å². The van der Waals surface area contributed by atoms with E-state index >= 15 is 0 Å². The van der Waals surface area contributed by atoms with Crippen molar-refractivity contribution in [3.05, 3.63) is 12.4 Å². The first-order valence-corrected chi connectivity index (χ1v) is 7.09. The number of carboxylic acids is 1. The summed E-state index contributed by atoms with van der Waals surface area (Å²) in [6.07, 6.45) is 7.62. The van der Waals surface area contributed by atoms with Gasteiger partial charge >= 0.3 is 5.97 Å². The fraction of sp³-hybridized carbons (Fsp3) is 0.571. The van der Waals surface area contributed by atoms with Crippen LogP contribution in [0.15, 0.2) is 12.4 Å². The molecule has 3 rings (SSSR count). The van der Waals surface area contributed by atoms with Gasteiger partial charge < -0.3 is 5.11 Å². The number of nitrogens with zero attached hydrogens (tertiary/aromatic N) is 3. The highest BCUT2D eigenvalue weighted by atomic mass is 16.4. The van der Waals surface area contributed by atoms with Gasteiger partial charge in [0.25, 0.3) is 0 Å². The summed E-state index contributed by atoms with van der Waals surface area (Å²) >= 11 is 0. The maximum absolute atomic E-state index is 12.3. The van der Waals surface area contributed by atoms with Crippen LogP contribution in [0.3, 0.4) is 0 Å². The molecule has 7 heteroatoms. The molecule has 1 spiro atoms. The van der Waals surface area contributed by atoms with Gasteiger partial charge in [0.1, 0.15) is 6.54 Å². The summed E-state index contributed by atoms with van der Waals surface area (Å²) in [6.45, 7) is -0.292.